The van der Waals surface area contributed by atoms with Crippen LogP contribution >= 0.6 is 0 Å². The maximum absolute atomic E-state index is 13.0. The summed E-state index contributed by atoms with van der Waals surface area (Å²) in [6, 6.07) is 25.3. The van der Waals surface area contributed by atoms with Crippen LogP contribution in [0.25, 0.3) is 10.9 Å². The Morgan fingerprint density at radius 2 is 1.50 bits per heavy atom. The first-order valence-electron chi connectivity index (χ1n) is 11.2. The lowest BCUT2D eigenvalue weighted by atomic mass is 9.99. The molecule has 1 fully saturated rings. The molecule has 0 bridgehead atoms. The molecular formula is C27H24N4O3. The smallest absolute Gasteiger partial charge is 0.325 e. The van der Waals surface area contributed by atoms with Crippen molar-refractivity contribution < 1.29 is 14.4 Å². The van der Waals surface area contributed by atoms with Gasteiger partial charge in [-0.1, -0.05) is 78.9 Å². The van der Waals surface area contributed by atoms with Crippen LogP contribution in [0, 0.1) is 0 Å². The van der Waals surface area contributed by atoms with E-state index in [9.17, 15) is 14.4 Å². The number of aromatic nitrogens is 1. The van der Waals surface area contributed by atoms with Gasteiger partial charge in [0.1, 0.15) is 12.6 Å². The van der Waals surface area contributed by atoms with Crippen molar-refractivity contribution in [1.29, 1.82) is 0 Å². The van der Waals surface area contributed by atoms with Crippen LogP contribution in [0.5, 0.6) is 0 Å². The first-order valence-corrected chi connectivity index (χ1v) is 11.2. The number of nitrogens with zero attached hydrogens (tertiary/aromatic N) is 1. The van der Waals surface area contributed by atoms with Gasteiger partial charge in [0.2, 0.25) is 5.91 Å². The molecule has 1 aliphatic rings. The molecule has 1 saturated heterocycles. The van der Waals surface area contributed by atoms with E-state index in [0.717, 1.165) is 32.5 Å². The van der Waals surface area contributed by atoms with Crippen molar-refractivity contribution in [3.8, 4) is 0 Å². The third kappa shape index (κ3) is 4.28. The number of rotatable bonds is 7. The van der Waals surface area contributed by atoms with E-state index in [2.05, 4.69) is 15.6 Å². The van der Waals surface area contributed by atoms with Crippen molar-refractivity contribution in [2.75, 3.05) is 6.54 Å². The fraction of sp³-hybridized carbons (Fsp3) is 0.148. The van der Waals surface area contributed by atoms with Crippen molar-refractivity contribution in [1.82, 2.24) is 20.5 Å². The number of benzene rings is 3. The molecule has 3 aromatic carbocycles. The van der Waals surface area contributed by atoms with Crippen LogP contribution < -0.4 is 10.6 Å². The highest BCUT2D eigenvalue weighted by atomic mass is 16.2. The standard InChI is InChI=1S/C27H24N4O3/c32-24(30-25(18-9-3-1-4-10-18)19-11-5-2-6-12-19)17-31-26(33)23(29-27(31)34)15-20-16-28-22-14-8-7-13-21(20)22/h1-14,16,23,25,28H,15,17H2,(H,29,34)(H,30,32). The van der Waals surface area contributed by atoms with Crippen LogP contribution in [-0.2, 0) is 16.0 Å². The summed E-state index contributed by atoms with van der Waals surface area (Å²) in [6.45, 7) is -0.342. The number of carbonyl (C=O) groups excluding carboxylic acids is 3. The number of fused-ring (bicyclic) bond motifs is 1. The predicted molar refractivity (Wildman–Crippen MR) is 129 cm³/mol. The van der Waals surface area contributed by atoms with Crippen molar-refractivity contribution in [2.24, 2.45) is 0 Å². The molecule has 4 amide bonds. The number of urea groups is 1. The minimum atomic E-state index is -0.710. The Morgan fingerprint density at radius 1 is 0.882 bits per heavy atom. The summed E-state index contributed by atoms with van der Waals surface area (Å²) in [5, 5.41) is 6.72. The molecule has 7 nitrogen and oxygen atoms in total. The first kappa shape index (κ1) is 21.5. The van der Waals surface area contributed by atoms with E-state index in [0.29, 0.717) is 6.42 Å². The lowest BCUT2D eigenvalue weighted by Crippen LogP contribution is -2.42. The van der Waals surface area contributed by atoms with Gasteiger partial charge in [0.25, 0.3) is 5.91 Å². The van der Waals surface area contributed by atoms with Crippen LogP contribution in [-0.4, -0.2) is 40.3 Å². The molecule has 7 heteroatoms. The number of para-hydroxylation sites is 1. The fourth-order valence-corrected chi connectivity index (χ4v) is 4.39. The van der Waals surface area contributed by atoms with Crippen LogP contribution in [0.1, 0.15) is 22.7 Å². The maximum atomic E-state index is 13.0. The van der Waals surface area contributed by atoms with Gasteiger partial charge >= 0.3 is 6.03 Å². The molecule has 3 N–H and O–H groups in total. The maximum Gasteiger partial charge on any atom is 0.325 e. The Kier molecular flexibility index (Phi) is 5.82. The quantitative estimate of drug-likeness (QED) is 0.375. The number of carbonyl (C=O) groups is 3. The van der Waals surface area contributed by atoms with Crippen molar-refractivity contribution in [2.45, 2.75) is 18.5 Å². The van der Waals surface area contributed by atoms with Crippen molar-refractivity contribution in [3.63, 3.8) is 0 Å². The molecule has 0 saturated carbocycles. The van der Waals surface area contributed by atoms with E-state index in [1.165, 1.54) is 0 Å². The number of amides is 4. The van der Waals surface area contributed by atoms with E-state index in [1.54, 1.807) is 0 Å². The van der Waals surface area contributed by atoms with Gasteiger partial charge in [-0.15, -0.1) is 0 Å². The summed E-state index contributed by atoms with van der Waals surface area (Å²) >= 11 is 0. The molecular weight excluding hydrogens is 428 g/mol. The van der Waals surface area contributed by atoms with E-state index in [4.69, 9.17) is 0 Å². The summed E-state index contributed by atoms with van der Waals surface area (Å²) in [5.74, 6) is -0.810. The first-order chi connectivity index (χ1) is 16.6. The lowest BCUT2D eigenvalue weighted by Gasteiger charge is -2.21. The number of aromatic amines is 1. The number of nitrogens with one attached hydrogen (secondary N) is 3. The second kappa shape index (κ2) is 9.23. The van der Waals surface area contributed by atoms with Gasteiger partial charge in [0, 0.05) is 23.5 Å². The average molecular weight is 453 g/mol. The Hall–Kier alpha value is -4.39. The highest BCUT2D eigenvalue weighted by Crippen LogP contribution is 2.23. The third-order valence-electron chi connectivity index (χ3n) is 6.08. The van der Waals surface area contributed by atoms with Gasteiger partial charge in [-0.05, 0) is 22.8 Å². The van der Waals surface area contributed by atoms with Crippen LogP contribution in [0.4, 0.5) is 4.79 Å². The molecule has 1 aromatic heterocycles. The summed E-state index contributed by atoms with van der Waals surface area (Å²) in [4.78, 5) is 42.7. The van der Waals surface area contributed by atoms with Crippen LogP contribution in [0.15, 0.2) is 91.1 Å². The second-order valence-corrected chi connectivity index (χ2v) is 8.31. The Labute approximate surface area is 196 Å². The van der Waals surface area contributed by atoms with Crippen LogP contribution in [0.2, 0.25) is 0 Å². The van der Waals surface area contributed by atoms with Crippen molar-refractivity contribution in [3.05, 3.63) is 108 Å². The Bertz CT molecular complexity index is 1290. The van der Waals surface area contributed by atoms with E-state index in [1.807, 2.05) is 91.1 Å². The third-order valence-corrected chi connectivity index (χ3v) is 6.08. The Morgan fingerprint density at radius 3 is 2.18 bits per heavy atom. The van der Waals surface area contributed by atoms with Gasteiger partial charge in [0.15, 0.2) is 0 Å². The number of imide groups is 1. The number of H-pyrrole nitrogens is 1. The second-order valence-electron chi connectivity index (χ2n) is 8.31. The molecule has 0 aliphatic carbocycles. The molecule has 0 radical (unpaired) electrons. The number of hydrogen-bond acceptors (Lipinski definition) is 3. The molecule has 170 valence electrons. The van der Waals surface area contributed by atoms with E-state index >= 15 is 0 Å². The average Bonchev–Trinajstić information content (AvgIpc) is 3.39. The highest BCUT2D eigenvalue weighted by Gasteiger charge is 2.39. The molecule has 2 heterocycles. The molecule has 1 unspecified atom stereocenters. The summed E-state index contributed by atoms with van der Waals surface area (Å²) in [6.07, 6.45) is 2.20. The Balaban J connectivity index is 1.29. The minimum Gasteiger partial charge on any atom is -0.361 e. The zero-order valence-corrected chi connectivity index (χ0v) is 18.4. The van der Waals surface area contributed by atoms with Gasteiger partial charge in [0.05, 0.1) is 6.04 Å². The predicted octanol–water partition coefficient (Wildman–Crippen LogP) is 3.54. The largest absolute Gasteiger partial charge is 0.361 e. The van der Waals surface area contributed by atoms with Gasteiger partial charge in [-0.3, -0.25) is 14.5 Å². The normalized spacial score (nSPS) is 15.7. The molecule has 1 atom stereocenters. The summed E-state index contributed by atoms with van der Waals surface area (Å²) < 4.78 is 0. The zero-order chi connectivity index (χ0) is 23.5. The van der Waals surface area contributed by atoms with Crippen molar-refractivity contribution >= 4 is 28.7 Å². The molecule has 5 rings (SSSR count). The number of hydrogen-bond donors (Lipinski definition) is 3. The fourth-order valence-electron chi connectivity index (χ4n) is 4.39. The van der Waals surface area contributed by atoms with E-state index < -0.39 is 29.9 Å². The lowest BCUT2D eigenvalue weighted by molar-refractivity contribution is -0.132. The zero-order valence-electron chi connectivity index (χ0n) is 18.4. The summed E-state index contributed by atoms with van der Waals surface area (Å²) in [5.41, 5.74) is 3.74. The molecule has 0 spiro atoms. The molecule has 1 aliphatic heterocycles. The molecule has 34 heavy (non-hydrogen) atoms. The van der Waals surface area contributed by atoms with E-state index in [-0.39, 0.29) is 6.54 Å². The highest BCUT2D eigenvalue weighted by molar-refractivity contribution is 6.06. The summed E-state index contributed by atoms with van der Waals surface area (Å²) in [7, 11) is 0. The van der Waals surface area contributed by atoms with Crippen LogP contribution in [0.3, 0.4) is 0 Å². The van der Waals surface area contributed by atoms with Gasteiger partial charge in [-0.25, -0.2) is 4.79 Å². The monoisotopic (exact) mass is 452 g/mol. The van der Waals surface area contributed by atoms with Gasteiger partial charge < -0.3 is 15.6 Å². The van der Waals surface area contributed by atoms with Gasteiger partial charge in [-0.2, -0.15) is 0 Å². The minimum absolute atomic E-state index is 0.342. The SMILES string of the molecule is O=C(CN1C(=O)NC(Cc2c[nH]c3ccccc23)C1=O)NC(c1ccccc1)c1ccccc1. The molecule has 4 aromatic rings. The topological polar surface area (TPSA) is 94.3 Å².